The van der Waals surface area contributed by atoms with E-state index in [9.17, 15) is 0 Å². The van der Waals surface area contributed by atoms with Crippen LogP contribution in [-0.2, 0) is 0 Å². The van der Waals surface area contributed by atoms with Crippen molar-refractivity contribution in [3.8, 4) is 0 Å². The Morgan fingerprint density at radius 2 is 2.57 bits per heavy atom. The molecule has 4 nitrogen and oxygen atoms in total. The molecule has 0 bridgehead atoms. The predicted octanol–water partition coefficient (Wildman–Crippen LogP) is -0.0223. The van der Waals surface area contributed by atoms with Crippen molar-refractivity contribution in [1.29, 1.82) is 0 Å². The summed E-state index contributed by atoms with van der Waals surface area (Å²) in [6, 6.07) is 0. The molecule has 0 amide bonds. The zero-order valence-electron chi connectivity index (χ0n) is 4.06. The minimum absolute atomic E-state index is 0.769. The van der Waals surface area contributed by atoms with E-state index in [1.165, 1.54) is 5.23 Å². The van der Waals surface area contributed by atoms with Crippen LogP contribution in [0.25, 0.3) is 5.43 Å². The Kier molecular flexibility index (Phi) is 5.11. The largest absolute Gasteiger partial charge is 0.567 e. The number of halogens is 1. The van der Waals surface area contributed by atoms with Crippen molar-refractivity contribution in [2.45, 2.75) is 0 Å². The van der Waals surface area contributed by atoms with Crippen LogP contribution in [-0.4, -0.2) is 16.8 Å². The van der Waals surface area contributed by atoms with Crippen LogP contribution >= 0.6 is 22.6 Å². The number of rotatable bonds is 3. The van der Waals surface area contributed by atoms with Gasteiger partial charge in [-0.1, -0.05) is 22.6 Å². The van der Waals surface area contributed by atoms with Gasteiger partial charge in [0.25, 0.3) is 0 Å². The van der Waals surface area contributed by atoms with Crippen LogP contribution in [0.3, 0.4) is 0 Å². The topological polar surface area (TPSA) is 55.4 Å². The summed E-state index contributed by atoms with van der Waals surface area (Å²) < 4.78 is 0.769. The van der Waals surface area contributed by atoms with Crippen molar-refractivity contribution in [2.24, 2.45) is 5.84 Å². The van der Waals surface area contributed by atoms with Gasteiger partial charge in [-0.05, 0) is 0 Å². The number of hydrazine groups is 2. The van der Waals surface area contributed by atoms with Gasteiger partial charge < -0.3 is 5.43 Å². The fraction of sp³-hybridized carbons (Fsp3) is 1.00. The van der Waals surface area contributed by atoms with Crippen molar-refractivity contribution < 1.29 is 0 Å². The fourth-order valence-electron chi connectivity index (χ4n) is 0.132. The molecule has 0 heterocycles. The molecule has 0 saturated heterocycles. The minimum Gasteiger partial charge on any atom is -0.567 e. The Labute approximate surface area is 56.5 Å². The molecule has 3 N–H and O–H groups in total. The lowest BCUT2D eigenvalue weighted by Crippen LogP contribution is -2.38. The van der Waals surface area contributed by atoms with E-state index in [0.29, 0.717) is 0 Å². The van der Waals surface area contributed by atoms with Crippen LogP contribution in [0.15, 0.2) is 0 Å². The molecule has 7 heavy (non-hydrogen) atoms. The van der Waals surface area contributed by atoms with E-state index in [2.05, 4.69) is 33.4 Å². The van der Waals surface area contributed by atoms with Gasteiger partial charge in [-0.2, -0.15) is 0 Å². The van der Waals surface area contributed by atoms with Crippen LogP contribution in [0.5, 0.6) is 0 Å². The van der Waals surface area contributed by atoms with Crippen molar-refractivity contribution in [3.05, 3.63) is 5.43 Å². The molecule has 0 aliphatic rings. The van der Waals surface area contributed by atoms with E-state index in [1.54, 1.807) is 7.05 Å². The van der Waals surface area contributed by atoms with Gasteiger partial charge in [0.2, 0.25) is 0 Å². The van der Waals surface area contributed by atoms with E-state index in [0.717, 1.165) is 4.55 Å². The molecule has 0 saturated carbocycles. The molecule has 0 aromatic carbocycles. The van der Waals surface area contributed by atoms with Crippen LogP contribution in [0.4, 0.5) is 0 Å². The van der Waals surface area contributed by atoms with Gasteiger partial charge in [0.1, 0.15) is 0 Å². The number of nitrogens with zero attached hydrogens (tertiary/aromatic N) is 2. The highest BCUT2D eigenvalue weighted by Gasteiger charge is 1.73. The second kappa shape index (κ2) is 4.72. The Hall–Kier alpha value is 0.570. The van der Waals surface area contributed by atoms with E-state index in [1.807, 2.05) is 0 Å². The highest BCUT2D eigenvalue weighted by molar-refractivity contribution is 14.1. The third kappa shape index (κ3) is 4.42. The van der Waals surface area contributed by atoms with E-state index >= 15 is 0 Å². The monoisotopic (exact) mass is 215 g/mol. The van der Waals surface area contributed by atoms with E-state index < -0.39 is 0 Å². The maximum atomic E-state index is 5.13. The minimum atomic E-state index is 0.769. The molecule has 0 aliphatic heterocycles. The lowest BCUT2D eigenvalue weighted by Gasteiger charge is -2.27. The summed E-state index contributed by atoms with van der Waals surface area (Å²) >= 11 is 2.13. The fourth-order valence-corrected chi connectivity index (χ4v) is 0.481. The Bertz CT molecular complexity index is 40.7. The summed E-state index contributed by atoms with van der Waals surface area (Å²) in [6.07, 6.45) is 0. The lowest BCUT2D eigenvalue weighted by atomic mass is 11.4. The maximum absolute atomic E-state index is 5.13. The Morgan fingerprint density at radius 3 is 2.71 bits per heavy atom. The highest BCUT2D eigenvalue weighted by atomic mass is 127. The highest BCUT2D eigenvalue weighted by Crippen LogP contribution is 1.79. The van der Waals surface area contributed by atoms with E-state index in [-0.39, 0.29) is 0 Å². The van der Waals surface area contributed by atoms with Gasteiger partial charge in [0, 0.05) is 0 Å². The molecular weight excluding hydrogens is 207 g/mol. The van der Waals surface area contributed by atoms with Crippen LogP contribution < -0.4 is 11.3 Å². The van der Waals surface area contributed by atoms with Crippen molar-refractivity contribution >= 4 is 22.6 Å². The smallest absolute Gasteiger partial charge is 0.0618 e. The van der Waals surface area contributed by atoms with E-state index in [4.69, 9.17) is 5.84 Å². The van der Waals surface area contributed by atoms with Gasteiger partial charge in [-0.3, -0.25) is 11.1 Å². The first-order valence-corrected chi connectivity index (χ1v) is 3.28. The third-order valence-electron chi connectivity index (χ3n) is 0.437. The van der Waals surface area contributed by atoms with Gasteiger partial charge in [0.05, 0.1) is 4.55 Å². The quantitative estimate of drug-likeness (QED) is 0.228. The Balaban J connectivity index is 2.83. The molecule has 0 fully saturated rings. The normalized spacial score (nSPS) is 10.3. The molecule has 0 aliphatic carbocycles. The van der Waals surface area contributed by atoms with Crippen molar-refractivity contribution in [3.63, 3.8) is 0 Å². The molecule has 0 atom stereocenters. The molecule has 0 aromatic rings. The van der Waals surface area contributed by atoms with Crippen LogP contribution in [0.2, 0.25) is 0 Å². The van der Waals surface area contributed by atoms with Crippen LogP contribution in [0.1, 0.15) is 0 Å². The van der Waals surface area contributed by atoms with Crippen molar-refractivity contribution in [2.75, 3.05) is 11.6 Å². The second-order valence-electron chi connectivity index (χ2n) is 0.836. The third-order valence-corrected chi connectivity index (χ3v) is 0.778. The molecule has 5 heteroatoms. The SMILES string of the molecule is C[N-]N(N)NCI. The second-order valence-corrected chi connectivity index (χ2v) is 1.60. The maximum Gasteiger partial charge on any atom is 0.0618 e. The molecular formula is C2H8IN4-. The number of nitrogens with one attached hydrogen (secondary N) is 1. The summed E-state index contributed by atoms with van der Waals surface area (Å²) in [6.45, 7) is 0. The van der Waals surface area contributed by atoms with Gasteiger partial charge >= 0.3 is 0 Å². The Morgan fingerprint density at radius 1 is 2.00 bits per heavy atom. The summed E-state index contributed by atoms with van der Waals surface area (Å²) in [7, 11) is 1.61. The number of hydrogen-bond acceptors (Lipinski definition) is 3. The standard InChI is InChI=1S/C2H8IN4/c1-5-7(4)6-2-3/h6H,2,4H2,1H3/q-1. The molecule has 0 aromatic heterocycles. The summed E-state index contributed by atoms with van der Waals surface area (Å²) in [4.78, 5) is 0. The van der Waals surface area contributed by atoms with Gasteiger partial charge in [-0.25, -0.2) is 5.43 Å². The lowest BCUT2D eigenvalue weighted by molar-refractivity contribution is 0.283. The van der Waals surface area contributed by atoms with Gasteiger partial charge in [0.15, 0.2) is 0 Å². The first-order chi connectivity index (χ1) is 3.31. The molecule has 0 radical (unpaired) electrons. The van der Waals surface area contributed by atoms with Crippen LogP contribution in [0, 0.1) is 0 Å². The average Bonchev–Trinajstić information content (AvgIpc) is 1.68. The summed E-state index contributed by atoms with van der Waals surface area (Å²) in [5, 5.41) is 1.17. The predicted molar refractivity (Wildman–Crippen MR) is 37.3 cm³/mol. The summed E-state index contributed by atoms with van der Waals surface area (Å²) in [5.74, 6) is 5.13. The number of hydrogen-bond donors (Lipinski definition) is 2. The first-order valence-electron chi connectivity index (χ1n) is 1.75. The zero-order chi connectivity index (χ0) is 5.70. The molecule has 0 rings (SSSR count). The van der Waals surface area contributed by atoms with Gasteiger partial charge in [-0.15, -0.1) is 7.05 Å². The summed E-state index contributed by atoms with van der Waals surface area (Å²) in [5.41, 5.74) is 6.30. The first kappa shape index (κ1) is 7.57. The molecule has 0 spiro atoms. The van der Waals surface area contributed by atoms with Crippen molar-refractivity contribution in [1.82, 2.24) is 10.7 Å². The average molecular weight is 215 g/mol. The number of nitrogens with two attached hydrogens (primary N) is 1. The molecule has 0 unspecified atom stereocenters. The molecule has 44 valence electrons. The number of alkyl halides is 1. The zero-order valence-corrected chi connectivity index (χ0v) is 6.21.